The molecule has 5 nitrogen and oxygen atoms in total. The number of piperazine rings is 1. The SMILES string of the molecule is CCCN1CCN(c2ccc(B3OC(C)(C)C(C)(C)O3)cn2)CC1. The van der Waals surface area contributed by atoms with E-state index >= 15 is 0 Å². The molecule has 0 atom stereocenters. The van der Waals surface area contributed by atoms with E-state index < -0.39 is 0 Å². The summed E-state index contributed by atoms with van der Waals surface area (Å²) in [5.41, 5.74) is 0.361. The van der Waals surface area contributed by atoms with Crippen molar-refractivity contribution in [2.45, 2.75) is 52.2 Å². The predicted octanol–water partition coefficient (Wildman–Crippen LogP) is 1.91. The Kier molecular flexibility index (Phi) is 4.91. The standard InChI is InChI=1S/C18H30BN3O2/c1-6-9-21-10-12-22(13-11-21)16-8-7-15(14-20-16)19-23-17(2,3)18(4,5)24-19/h7-8,14H,6,9-13H2,1-5H3. The predicted molar refractivity (Wildman–Crippen MR) is 98.9 cm³/mol. The number of hydrogen-bond donors (Lipinski definition) is 0. The summed E-state index contributed by atoms with van der Waals surface area (Å²) in [6.07, 6.45) is 3.12. The second-order valence-corrected chi connectivity index (χ2v) is 7.87. The van der Waals surface area contributed by atoms with Crippen LogP contribution in [0.25, 0.3) is 0 Å². The molecule has 0 aromatic carbocycles. The van der Waals surface area contributed by atoms with Crippen LogP contribution < -0.4 is 10.4 Å². The molecule has 2 fully saturated rings. The van der Waals surface area contributed by atoms with E-state index in [2.05, 4.69) is 61.5 Å². The highest BCUT2D eigenvalue weighted by Crippen LogP contribution is 2.36. The third kappa shape index (κ3) is 3.46. The Morgan fingerprint density at radius 2 is 1.67 bits per heavy atom. The maximum atomic E-state index is 6.09. The van der Waals surface area contributed by atoms with Crippen molar-refractivity contribution in [3.63, 3.8) is 0 Å². The monoisotopic (exact) mass is 331 g/mol. The summed E-state index contributed by atoms with van der Waals surface area (Å²) < 4.78 is 12.2. The number of hydrogen-bond acceptors (Lipinski definition) is 5. The summed E-state index contributed by atoms with van der Waals surface area (Å²) in [7, 11) is -0.335. The topological polar surface area (TPSA) is 37.8 Å². The highest BCUT2D eigenvalue weighted by molar-refractivity contribution is 6.62. The van der Waals surface area contributed by atoms with Crippen LogP contribution in [0, 0.1) is 0 Å². The smallest absolute Gasteiger partial charge is 0.399 e. The molecule has 3 rings (SSSR count). The molecule has 6 heteroatoms. The molecule has 0 radical (unpaired) electrons. The fourth-order valence-electron chi connectivity index (χ4n) is 3.22. The van der Waals surface area contributed by atoms with Crippen molar-refractivity contribution in [1.29, 1.82) is 0 Å². The molecule has 0 saturated carbocycles. The quantitative estimate of drug-likeness (QED) is 0.788. The summed E-state index contributed by atoms with van der Waals surface area (Å²) in [6, 6.07) is 4.18. The van der Waals surface area contributed by atoms with Crippen LogP contribution in [-0.4, -0.2) is 60.9 Å². The van der Waals surface area contributed by atoms with Crippen molar-refractivity contribution in [2.24, 2.45) is 0 Å². The lowest BCUT2D eigenvalue weighted by Gasteiger charge is -2.35. The molecule has 2 aliphatic heterocycles. The van der Waals surface area contributed by atoms with Crippen LogP contribution in [0.2, 0.25) is 0 Å². The van der Waals surface area contributed by atoms with E-state index in [-0.39, 0.29) is 18.3 Å². The van der Waals surface area contributed by atoms with Gasteiger partial charge in [-0.25, -0.2) is 4.98 Å². The normalized spacial score (nSPS) is 23.7. The van der Waals surface area contributed by atoms with E-state index in [1.807, 2.05) is 6.20 Å². The van der Waals surface area contributed by atoms with Crippen molar-refractivity contribution in [3.05, 3.63) is 18.3 Å². The Balaban J connectivity index is 1.63. The zero-order valence-electron chi connectivity index (χ0n) is 15.7. The van der Waals surface area contributed by atoms with E-state index in [1.54, 1.807) is 0 Å². The van der Waals surface area contributed by atoms with Crippen LogP contribution in [0.15, 0.2) is 18.3 Å². The van der Waals surface area contributed by atoms with Crippen LogP contribution >= 0.6 is 0 Å². The van der Waals surface area contributed by atoms with Gasteiger partial charge in [-0.1, -0.05) is 13.0 Å². The Morgan fingerprint density at radius 1 is 1.04 bits per heavy atom. The summed E-state index contributed by atoms with van der Waals surface area (Å²) in [5.74, 6) is 1.05. The molecule has 0 aliphatic carbocycles. The lowest BCUT2D eigenvalue weighted by molar-refractivity contribution is 0.00578. The molecule has 2 saturated heterocycles. The summed E-state index contributed by atoms with van der Waals surface area (Å²) >= 11 is 0. The summed E-state index contributed by atoms with van der Waals surface area (Å²) in [5, 5.41) is 0. The minimum atomic E-state index is -0.335. The van der Waals surface area contributed by atoms with Gasteiger partial charge >= 0.3 is 7.12 Å². The molecule has 0 spiro atoms. The first-order valence-electron chi connectivity index (χ1n) is 9.11. The number of pyridine rings is 1. The highest BCUT2D eigenvalue weighted by atomic mass is 16.7. The van der Waals surface area contributed by atoms with Crippen LogP contribution in [0.1, 0.15) is 41.0 Å². The first-order valence-corrected chi connectivity index (χ1v) is 9.11. The molecule has 0 N–H and O–H groups in total. The van der Waals surface area contributed by atoms with Gasteiger partial charge in [0, 0.05) is 37.8 Å². The third-order valence-corrected chi connectivity index (χ3v) is 5.53. The van der Waals surface area contributed by atoms with Gasteiger partial charge in [-0.2, -0.15) is 0 Å². The molecule has 1 aromatic heterocycles. The maximum absolute atomic E-state index is 6.09. The molecule has 3 heterocycles. The lowest BCUT2D eigenvalue weighted by atomic mass is 9.80. The van der Waals surface area contributed by atoms with E-state index in [0.29, 0.717) is 0 Å². The Labute approximate surface area is 146 Å². The van der Waals surface area contributed by atoms with Gasteiger partial charge in [0.05, 0.1) is 11.2 Å². The fraction of sp³-hybridized carbons (Fsp3) is 0.722. The fourth-order valence-corrected chi connectivity index (χ4v) is 3.22. The molecular weight excluding hydrogens is 301 g/mol. The number of rotatable bonds is 4. The van der Waals surface area contributed by atoms with Crippen LogP contribution in [0.4, 0.5) is 5.82 Å². The van der Waals surface area contributed by atoms with Gasteiger partial charge in [0.25, 0.3) is 0 Å². The van der Waals surface area contributed by atoms with Gasteiger partial charge < -0.3 is 14.2 Å². The zero-order chi connectivity index (χ0) is 17.4. The summed E-state index contributed by atoms with van der Waals surface area (Å²) in [4.78, 5) is 9.55. The number of anilines is 1. The molecule has 132 valence electrons. The third-order valence-electron chi connectivity index (χ3n) is 5.53. The van der Waals surface area contributed by atoms with E-state index in [1.165, 1.54) is 13.0 Å². The highest BCUT2D eigenvalue weighted by Gasteiger charge is 2.51. The number of aromatic nitrogens is 1. The average molecular weight is 331 g/mol. The van der Waals surface area contributed by atoms with Crippen molar-refractivity contribution >= 4 is 18.4 Å². The maximum Gasteiger partial charge on any atom is 0.496 e. The number of nitrogens with zero attached hydrogens (tertiary/aromatic N) is 3. The Morgan fingerprint density at radius 3 is 2.17 bits per heavy atom. The van der Waals surface area contributed by atoms with Crippen molar-refractivity contribution in [3.8, 4) is 0 Å². The van der Waals surface area contributed by atoms with Crippen molar-refractivity contribution in [2.75, 3.05) is 37.6 Å². The van der Waals surface area contributed by atoms with Crippen LogP contribution in [-0.2, 0) is 9.31 Å². The van der Waals surface area contributed by atoms with Gasteiger partial charge in [0.1, 0.15) is 5.82 Å². The molecule has 2 aliphatic rings. The largest absolute Gasteiger partial charge is 0.496 e. The van der Waals surface area contributed by atoms with Gasteiger partial charge in [0.15, 0.2) is 0 Å². The van der Waals surface area contributed by atoms with Crippen molar-refractivity contribution < 1.29 is 9.31 Å². The average Bonchev–Trinajstić information content (AvgIpc) is 2.77. The molecule has 0 unspecified atom stereocenters. The molecule has 24 heavy (non-hydrogen) atoms. The van der Waals surface area contributed by atoms with Crippen LogP contribution in [0.3, 0.4) is 0 Å². The van der Waals surface area contributed by atoms with Gasteiger partial charge in [-0.05, 0) is 46.7 Å². The van der Waals surface area contributed by atoms with Gasteiger partial charge in [-0.3, -0.25) is 4.90 Å². The second-order valence-electron chi connectivity index (χ2n) is 7.87. The first kappa shape index (κ1) is 17.7. The molecule has 0 bridgehead atoms. The molecule has 0 amide bonds. The molecular formula is C18H30BN3O2. The minimum Gasteiger partial charge on any atom is -0.399 e. The van der Waals surface area contributed by atoms with Gasteiger partial charge in [0.2, 0.25) is 0 Å². The zero-order valence-corrected chi connectivity index (χ0v) is 15.7. The van der Waals surface area contributed by atoms with E-state index in [4.69, 9.17) is 9.31 Å². The first-order chi connectivity index (χ1) is 11.3. The van der Waals surface area contributed by atoms with E-state index in [9.17, 15) is 0 Å². The minimum absolute atomic E-state index is 0.314. The Hall–Kier alpha value is -1.11. The van der Waals surface area contributed by atoms with Gasteiger partial charge in [-0.15, -0.1) is 0 Å². The Bertz CT molecular complexity index is 538. The van der Waals surface area contributed by atoms with E-state index in [0.717, 1.165) is 37.5 Å². The van der Waals surface area contributed by atoms with Crippen LogP contribution in [0.5, 0.6) is 0 Å². The van der Waals surface area contributed by atoms with Crippen molar-refractivity contribution in [1.82, 2.24) is 9.88 Å². The molecule has 1 aromatic rings. The lowest BCUT2D eigenvalue weighted by Crippen LogP contribution is -2.47. The second kappa shape index (κ2) is 6.66. The summed E-state index contributed by atoms with van der Waals surface area (Å²) in [6.45, 7) is 16.1.